The van der Waals surface area contributed by atoms with Crippen molar-refractivity contribution in [2.75, 3.05) is 6.61 Å². The molecule has 0 spiro atoms. The Kier molecular flexibility index (Phi) is 3.59. The molecule has 0 N–H and O–H groups in total. The van der Waals surface area contributed by atoms with Crippen LogP contribution in [0.5, 0.6) is 0 Å². The highest BCUT2D eigenvalue weighted by atomic mass is 16.5. The molecule has 0 aromatic carbocycles. The lowest BCUT2D eigenvalue weighted by Gasteiger charge is -2.47. The summed E-state index contributed by atoms with van der Waals surface area (Å²) in [6, 6.07) is 0. The van der Waals surface area contributed by atoms with E-state index >= 15 is 0 Å². The van der Waals surface area contributed by atoms with Gasteiger partial charge < -0.3 is 4.74 Å². The Hall–Kier alpha value is -0.560. The largest absolute Gasteiger partial charge is 0.377 e. The van der Waals surface area contributed by atoms with Crippen molar-refractivity contribution in [3.8, 4) is 0 Å². The summed E-state index contributed by atoms with van der Waals surface area (Å²) in [4.78, 5) is 0. The normalized spacial score (nSPS) is 46.5. The van der Waals surface area contributed by atoms with Gasteiger partial charge >= 0.3 is 0 Å². The molecule has 1 heteroatoms. The average molecular weight is 260 g/mol. The van der Waals surface area contributed by atoms with Crippen molar-refractivity contribution >= 4 is 0 Å². The van der Waals surface area contributed by atoms with Crippen molar-refractivity contribution in [3.63, 3.8) is 0 Å². The Balaban J connectivity index is 1.81. The summed E-state index contributed by atoms with van der Waals surface area (Å²) in [7, 11) is 0. The molecule has 19 heavy (non-hydrogen) atoms. The van der Waals surface area contributed by atoms with Crippen LogP contribution in [-0.4, -0.2) is 12.7 Å². The molecule has 0 saturated carbocycles. The van der Waals surface area contributed by atoms with Gasteiger partial charge in [0.15, 0.2) is 0 Å². The van der Waals surface area contributed by atoms with Crippen LogP contribution in [0.1, 0.15) is 47.0 Å². The van der Waals surface area contributed by atoms with Crippen LogP contribution in [0.2, 0.25) is 0 Å². The minimum Gasteiger partial charge on any atom is -0.377 e. The van der Waals surface area contributed by atoms with Crippen molar-refractivity contribution in [3.05, 3.63) is 23.3 Å². The SMILES string of the molecule is CC1=CC[C@H]([C@H]2OC[C@@H]3C[C@@H]2C(C)=C[C@H]3C)[C@@H](C)C1. The van der Waals surface area contributed by atoms with Crippen molar-refractivity contribution in [2.45, 2.75) is 53.1 Å². The topological polar surface area (TPSA) is 9.23 Å². The Morgan fingerprint density at radius 2 is 2.00 bits per heavy atom. The maximum atomic E-state index is 6.36. The van der Waals surface area contributed by atoms with Gasteiger partial charge in [0.05, 0.1) is 12.7 Å². The van der Waals surface area contributed by atoms with E-state index in [1.807, 2.05) is 0 Å². The second-order valence-corrected chi connectivity index (χ2v) is 7.30. The number of rotatable bonds is 1. The van der Waals surface area contributed by atoms with E-state index in [0.717, 1.165) is 24.4 Å². The molecule has 0 amide bonds. The van der Waals surface area contributed by atoms with Gasteiger partial charge in [0, 0.05) is 5.92 Å². The van der Waals surface area contributed by atoms with E-state index in [1.165, 1.54) is 19.3 Å². The number of hydrogen-bond donors (Lipinski definition) is 0. The molecule has 0 radical (unpaired) electrons. The number of fused-ring (bicyclic) bond motifs is 2. The van der Waals surface area contributed by atoms with Gasteiger partial charge in [-0.15, -0.1) is 0 Å². The molecule has 3 rings (SSSR count). The highest BCUT2D eigenvalue weighted by molar-refractivity contribution is 5.17. The molecule has 0 unspecified atom stereocenters. The minimum absolute atomic E-state index is 0.472. The summed E-state index contributed by atoms with van der Waals surface area (Å²) in [5, 5.41) is 0. The van der Waals surface area contributed by atoms with E-state index in [-0.39, 0.29) is 0 Å². The van der Waals surface area contributed by atoms with Gasteiger partial charge in [0.2, 0.25) is 0 Å². The molecule has 0 aromatic heterocycles. The first-order valence-corrected chi connectivity index (χ1v) is 8.01. The van der Waals surface area contributed by atoms with Crippen LogP contribution < -0.4 is 0 Å². The summed E-state index contributed by atoms with van der Waals surface area (Å²) < 4.78 is 6.36. The first-order chi connectivity index (χ1) is 9.06. The highest BCUT2D eigenvalue weighted by Gasteiger charge is 2.42. The van der Waals surface area contributed by atoms with E-state index in [0.29, 0.717) is 17.9 Å². The summed E-state index contributed by atoms with van der Waals surface area (Å²) in [5.74, 6) is 3.67. The molecule has 1 heterocycles. The van der Waals surface area contributed by atoms with Gasteiger partial charge in [0.1, 0.15) is 0 Å². The maximum absolute atomic E-state index is 6.36. The fourth-order valence-corrected chi connectivity index (χ4v) is 4.56. The van der Waals surface area contributed by atoms with Crippen molar-refractivity contribution in [2.24, 2.45) is 29.6 Å². The van der Waals surface area contributed by atoms with E-state index in [1.54, 1.807) is 11.1 Å². The first kappa shape index (κ1) is 13.4. The van der Waals surface area contributed by atoms with Crippen molar-refractivity contribution in [1.29, 1.82) is 0 Å². The van der Waals surface area contributed by atoms with Gasteiger partial charge in [-0.25, -0.2) is 0 Å². The molecular formula is C18H28O. The van der Waals surface area contributed by atoms with Crippen LogP contribution in [0, 0.1) is 29.6 Å². The lowest BCUT2D eigenvalue weighted by Crippen LogP contribution is -2.46. The van der Waals surface area contributed by atoms with E-state index < -0.39 is 0 Å². The van der Waals surface area contributed by atoms with E-state index in [2.05, 4.69) is 39.8 Å². The van der Waals surface area contributed by atoms with Crippen molar-refractivity contribution in [1.82, 2.24) is 0 Å². The fraction of sp³-hybridized carbons (Fsp3) is 0.778. The van der Waals surface area contributed by atoms with Gasteiger partial charge in [-0.3, -0.25) is 0 Å². The molecule has 3 aliphatic rings. The van der Waals surface area contributed by atoms with Crippen LogP contribution in [0.25, 0.3) is 0 Å². The molecule has 1 aliphatic heterocycles. The Morgan fingerprint density at radius 3 is 2.74 bits per heavy atom. The number of ether oxygens (including phenoxy) is 1. The molecule has 2 bridgehead atoms. The zero-order valence-corrected chi connectivity index (χ0v) is 12.9. The molecule has 2 aliphatic carbocycles. The van der Waals surface area contributed by atoms with Gasteiger partial charge in [-0.05, 0) is 56.8 Å². The standard InChI is InChI=1S/C18H28O/c1-11-5-6-16(13(3)7-11)18-17-9-15(10-19-18)12(2)8-14(17)4/h5,8,12-13,15-18H,6-7,9-10H2,1-4H3/t12-,13+,15+,16+,17-,18-/m1/s1. The monoisotopic (exact) mass is 260 g/mol. The van der Waals surface area contributed by atoms with E-state index in [9.17, 15) is 0 Å². The first-order valence-electron chi connectivity index (χ1n) is 8.01. The molecule has 1 nitrogen and oxygen atoms in total. The second-order valence-electron chi connectivity index (χ2n) is 7.30. The summed E-state index contributed by atoms with van der Waals surface area (Å²) >= 11 is 0. The average Bonchev–Trinajstić information content (AvgIpc) is 2.37. The van der Waals surface area contributed by atoms with Crippen LogP contribution in [0.15, 0.2) is 23.3 Å². The predicted molar refractivity (Wildman–Crippen MR) is 79.9 cm³/mol. The molecule has 1 saturated heterocycles. The molecular weight excluding hydrogens is 232 g/mol. The third-order valence-electron chi connectivity index (χ3n) is 5.85. The highest BCUT2D eigenvalue weighted by Crippen LogP contribution is 2.45. The number of allylic oxidation sites excluding steroid dienone is 3. The molecule has 1 fully saturated rings. The van der Waals surface area contributed by atoms with Crippen LogP contribution in [0.3, 0.4) is 0 Å². The van der Waals surface area contributed by atoms with Crippen LogP contribution >= 0.6 is 0 Å². The molecule has 106 valence electrons. The van der Waals surface area contributed by atoms with Crippen molar-refractivity contribution < 1.29 is 4.74 Å². The zero-order valence-electron chi connectivity index (χ0n) is 12.9. The lowest BCUT2D eigenvalue weighted by atomic mass is 9.66. The molecule has 0 aromatic rings. The fourth-order valence-electron chi connectivity index (χ4n) is 4.56. The van der Waals surface area contributed by atoms with Crippen LogP contribution in [0.4, 0.5) is 0 Å². The quantitative estimate of drug-likeness (QED) is 0.626. The molecule has 6 atom stereocenters. The zero-order chi connectivity index (χ0) is 13.6. The Morgan fingerprint density at radius 1 is 1.21 bits per heavy atom. The van der Waals surface area contributed by atoms with Gasteiger partial charge in [0.25, 0.3) is 0 Å². The van der Waals surface area contributed by atoms with Gasteiger partial charge in [-0.2, -0.15) is 0 Å². The van der Waals surface area contributed by atoms with E-state index in [4.69, 9.17) is 4.74 Å². The third kappa shape index (κ3) is 2.42. The summed E-state index contributed by atoms with van der Waals surface area (Å²) in [5.41, 5.74) is 3.16. The Bertz CT molecular complexity index is 406. The third-order valence-corrected chi connectivity index (χ3v) is 5.85. The van der Waals surface area contributed by atoms with Gasteiger partial charge in [-0.1, -0.05) is 37.1 Å². The second kappa shape index (κ2) is 5.09. The summed E-state index contributed by atoms with van der Waals surface area (Å²) in [6.07, 6.45) is 9.29. The smallest absolute Gasteiger partial charge is 0.0674 e. The lowest BCUT2D eigenvalue weighted by molar-refractivity contribution is -0.0982. The number of hydrogen-bond acceptors (Lipinski definition) is 1. The summed E-state index contributed by atoms with van der Waals surface area (Å²) in [6.45, 7) is 10.4. The minimum atomic E-state index is 0.472. The van der Waals surface area contributed by atoms with Crippen LogP contribution in [-0.2, 0) is 4.74 Å². The maximum Gasteiger partial charge on any atom is 0.0674 e. The predicted octanol–water partition coefficient (Wildman–Crippen LogP) is 4.60. The Labute approximate surface area is 118 Å².